The summed E-state index contributed by atoms with van der Waals surface area (Å²) in [6.45, 7) is 3.97. The zero-order valence-electron chi connectivity index (χ0n) is 13.1. The minimum Gasteiger partial charge on any atom is -0.362 e. The molecule has 4 aromatic heterocycles. The van der Waals surface area contributed by atoms with Crippen LogP contribution in [0.3, 0.4) is 0 Å². The van der Waals surface area contributed by atoms with Crippen LogP contribution in [-0.2, 0) is 0 Å². The number of nitrogens with one attached hydrogen (secondary N) is 1. The maximum absolute atomic E-state index is 12.8. The van der Waals surface area contributed by atoms with E-state index in [0.29, 0.717) is 5.39 Å². The van der Waals surface area contributed by atoms with Crippen LogP contribution in [-0.4, -0.2) is 20.9 Å². The first-order valence-corrected chi connectivity index (χ1v) is 9.12. The van der Waals surface area contributed by atoms with E-state index in [1.165, 1.54) is 22.3 Å². The minimum absolute atomic E-state index is 0.147. The summed E-state index contributed by atoms with van der Waals surface area (Å²) in [6.07, 6.45) is 3.16. The van der Waals surface area contributed by atoms with Crippen molar-refractivity contribution in [2.24, 2.45) is 5.10 Å². The number of hydrogen-bond acceptors (Lipinski definition) is 5. The van der Waals surface area contributed by atoms with Crippen molar-refractivity contribution in [2.75, 3.05) is 0 Å². The Morgan fingerprint density at radius 3 is 2.92 bits per heavy atom. The number of aromatic nitrogens is 3. The van der Waals surface area contributed by atoms with Crippen molar-refractivity contribution in [2.45, 2.75) is 13.8 Å². The molecular weight excluding hydrogens is 340 g/mol. The molecule has 4 aromatic rings. The normalized spacial score (nSPS) is 11.8. The fourth-order valence-electron chi connectivity index (χ4n) is 2.62. The average Bonchev–Trinajstić information content (AvgIpc) is 3.26. The van der Waals surface area contributed by atoms with Gasteiger partial charge in [0.15, 0.2) is 0 Å². The van der Waals surface area contributed by atoms with E-state index in [1.54, 1.807) is 17.6 Å². The monoisotopic (exact) mass is 354 g/mol. The van der Waals surface area contributed by atoms with Crippen molar-refractivity contribution in [3.63, 3.8) is 0 Å². The Morgan fingerprint density at radius 1 is 1.33 bits per heavy atom. The van der Waals surface area contributed by atoms with Gasteiger partial charge in [-0.05, 0) is 31.4 Å². The first-order chi connectivity index (χ1) is 11.6. The Kier molecular flexibility index (Phi) is 3.66. The van der Waals surface area contributed by atoms with Gasteiger partial charge in [-0.15, -0.1) is 22.7 Å². The van der Waals surface area contributed by atoms with Gasteiger partial charge in [0, 0.05) is 32.8 Å². The Hall–Kier alpha value is -2.51. The molecular formula is C17H14N4OS2. The van der Waals surface area contributed by atoms with Crippen molar-refractivity contribution in [1.29, 1.82) is 0 Å². The van der Waals surface area contributed by atoms with Crippen LogP contribution in [0.2, 0.25) is 0 Å². The first kappa shape index (κ1) is 15.0. The second-order valence-corrected chi connectivity index (χ2v) is 7.28. The summed E-state index contributed by atoms with van der Waals surface area (Å²) in [7, 11) is 0. The molecule has 0 aromatic carbocycles. The molecule has 0 spiro atoms. The number of aromatic amines is 1. The van der Waals surface area contributed by atoms with Crippen LogP contribution in [0.25, 0.3) is 20.7 Å². The van der Waals surface area contributed by atoms with Crippen LogP contribution in [0.5, 0.6) is 0 Å². The standard InChI is InChI=1S/C17H14N4OS2/c1-10-6-12(11(2)20-10)7-19-21-9-18-16-15(17(21)22)13(8-24-16)14-4-3-5-23-14/h3-9,20H,1-2H3/b19-7+. The molecule has 0 saturated carbocycles. The lowest BCUT2D eigenvalue weighted by Crippen LogP contribution is -2.16. The van der Waals surface area contributed by atoms with E-state index in [0.717, 1.165) is 32.2 Å². The summed E-state index contributed by atoms with van der Waals surface area (Å²) in [5.41, 5.74) is 3.83. The molecule has 0 unspecified atom stereocenters. The van der Waals surface area contributed by atoms with E-state index in [4.69, 9.17) is 0 Å². The molecule has 0 aliphatic carbocycles. The number of fused-ring (bicyclic) bond motifs is 1. The third kappa shape index (κ3) is 2.51. The van der Waals surface area contributed by atoms with E-state index in [9.17, 15) is 4.79 Å². The molecule has 4 heterocycles. The van der Waals surface area contributed by atoms with Gasteiger partial charge in [-0.3, -0.25) is 4.79 Å². The van der Waals surface area contributed by atoms with Crippen LogP contribution in [0, 0.1) is 13.8 Å². The number of H-pyrrole nitrogens is 1. The van der Waals surface area contributed by atoms with Gasteiger partial charge in [0.25, 0.3) is 5.56 Å². The van der Waals surface area contributed by atoms with Gasteiger partial charge in [0.2, 0.25) is 0 Å². The van der Waals surface area contributed by atoms with E-state index in [-0.39, 0.29) is 5.56 Å². The average molecular weight is 354 g/mol. The zero-order chi connectivity index (χ0) is 16.7. The van der Waals surface area contributed by atoms with E-state index >= 15 is 0 Å². The highest BCUT2D eigenvalue weighted by atomic mass is 32.1. The number of nitrogens with zero attached hydrogens (tertiary/aromatic N) is 3. The van der Waals surface area contributed by atoms with Gasteiger partial charge >= 0.3 is 0 Å². The third-order valence-electron chi connectivity index (χ3n) is 3.78. The summed E-state index contributed by atoms with van der Waals surface area (Å²) in [5, 5.41) is 8.92. The topological polar surface area (TPSA) is 63.0 Å². The van der Waals surface area contributed by atoms with E-state index < -0.39 is 0 Å². The Bertz CT molecular complexity index is 1100. The number of hydrogen-bond donors (Lipinski definition) is 1. The predicted octanol–water partition coefficient (Wildman–Crippen LogP) is 4.01. The summed E-state index contributed by atoms with van der Waals surface area (Å²) >= 11 is 3.09. The molecule has 0 radical (unpaired) electrons. The highest BCUT2D eigenvalue weighted by Gasteiger charge is 2.13. The quantitative estimate of drug-likeness (QED) is 0.565. The SMILES string of the molecule is Cc1cc(/C=N/n2cnc3scc(-c4cccs4)c3c2=O)c(C)[nH]1. The van der Waals surface area contributed by atoms with Crippen molar-refractivity contribution in [1.82, 2.24) is 14.6 Å². The van der Waals surface area contributed by atoms with Crippen LogP contribution < -0.4 is 5.56 Å². The molecule has 7 heteroatoms. The highest BCUT2D eigenvalue weighted by molar-refractivity contribution is 7.18. The van der Waals surface area contributed by atoms with E-state index in [2.05, 4.69) is 15.1 Å². The first-order valence-electron chi connectivity index (χ1n) is 7.37. The molecule has 1 N–H and O–H groups in total. The molecule has 0 fully saturated rings. The van der Waals surface area contributed by atoms with Gasteiger partial charge in [-0.1, -0.05) is 6.07 Å². The molecule has 0 aliphatic rings. The molecule has 0 amide bonds. The molecule has 4 rings (SSSR count). The van der Waals surface area contributed by atoms with Crippen molar-refractivity contribution in [3.05, 3.63) is 62.6 Å². The van der Waals surface area contributed by atoms with Crippen LogP contribution in [0.15, 0.2) is 45.2 Å². The fourth-order valence-corrected chi connectivity index (χ4v) is 4.34. The maximum atomic E-state index is 12.8. The molecule has 120 valence electrons. The number of aryl methyl sites for hydroxylation is 2. The number of thiophene rings is 2. The predicted molar refractivity (Wildman–Crippen MR) is 100 cm³/mol. The molecule has 0 atom stereocenters. The van der Waals surface area contributed by atoms with Crippen LogP contribution in [0.4, 0.5) is 0 Å². The Morgan fingerprint density at radius 2 is 2.21 bits per heavy atom. The third-order valence-corrected chi connectivity index (χ3v) is 5.56. The van der Waals surface area contributed by atoms with Gasteiger partial charge in [0.1, 0.15) is 11.2 Å². The largest absolute Gasteiger partial charge is 0.362 e. The lowest BCUT2D eigenvalue weighted by Gasteiger charge is -1.99. The molecule has 5 nitrogen and oxygen atoms in total. The summed E-state index contributed by atoms with van der Waals surface area (Å²) < 4.78 is 1.30. The highest BCUT2D eigenvalue weighted by Crippen LogP contribution is 2.33. The number of rotatable bonds is 3. The van der Waals surface area contributed by atoms with E-state index in [1.807, 2.05) is 42.8 Å². The molecule has 0 saturated heterocycles. The second kappa shape index (κ2) is 5.85. The molecule has 0 bridgehead atoms. The Labute approximate surface area is 145 Å². The summed E-state index contributed by atoms with van der Waals surface area (Å²) in [4.78, 5) is 22.2. The maximum Gasteiger partial charge on any atom is 0.283 e. The summed E-state index contributed by atoms with van der Waals surface area (Å²) in [5.74, 6) is 0. The van der Waals surface area contributed by atoms with Gasteiger partial charge in [-0.25, -0.2) is 4.98 Å². The minimum atomic E-state index is -0.147. The van der Waals surface area contributed by atoms with Gasteiger partial charge < -0.3 is 4.98 Å². The van der Waals surface area contributed by atoms with Crippen LogP contribution in [0.1, 0.15) is 17.0 Å². The fraction of sp³-hybridized carbons (Fsp3) is 0.118. The zero-order valence-corrected chi connectivity index (χ0v) is 14.7. The second-order valence-electron chi connectivity index (χ2n) is 5.48. The smallest absolute Gasteiger partial charge is 0.283 e. The van der Waals surface area contributed by atoms with Crippen molar-refractivity contribution < 1.29 is 0 Å². The lowest BCUT2D eigenvalue weighted by molar-refractivity contribution is 0.819. The molecule has 24 heavy (non-hydrogen) atoms. The molecule has 0 aliphatic heterocycles. The van der Waals surface area contributed by atoms with Crippen molar-refractivity contribution in [3.8, 4) is 10.4 Å². The van der Waals surface area contributed by atoms with Crippen LogP contribution >= 0.6 is 22.7 Å². The van der Waals surface area contributed by atoms with Gasteiger partial charge in [0.05, 0.1) is 11.6 Å². The lowest BCUT2D eigenvalue weighted by atomic mass is 10.2. The Balaban J connectivity index is 1.83. The van der Waals surface area contributed by atoms with Gasteiger partial charge in [-0.2, -0.15) is 9.78 Å². The van der Waals surface area contributed by atoms with Crippen molar-refractivity contribution >= 4 is 39.1 Å². The summed E-state index contributed by atoms with van der Waals surface area (Å²) in [6, 6.07) is 5.99.